The Morgan fingerprint density at radius 1 is 0.391 bits per heavy atom. The topological polar surface area (TPSA) is 338 Å². The molecule has 8 aromatic carbocycles. The van der Waals surface area contributed by atoms with Gasteiger partial charge in [0.1, 0.15) is 51.6 Å². The second-order valence-electron chi connectivity index (χ2n) is 37.6. The fraction of sp³-hybridized carbons (Fsp3) is 0.315. The number of amides is 1. The Hall–Kier alpha value is -14.7. The maximum absolute atomic E-state index is 12.6. The van der Waals surface area contributed by atoms with E-state index in [1.54, 1.807) is 29.2 Å². The number of carbonyl (C=O) groups is 1. The summed E-state index contributed by atoms with van der Waals surface area (Å²) in [6.45, 7) is 23.3. The van der Waals surface area contributed by atoms with Crippen molar-refractivity contribution in [2.24, 2.45) is 0 Å². The lowest BCUT2D eigenvalue weighted by Gasteiger charge is -2.40. The molecule has 0 aliphatic carbocycles. The van der Waals surface area contributed by atoms with Crippen molar-refractivity contribution in [3.63, 3.8) is 0 Å². The lowest BCUT2D eigenvalue weighted by Crippen LogP contribution is -2.57. The van der Waals surface area contributed by atoms with Crippen LogP contribution < -0.4 is 87.8 Å². The standard InChI is InChI=1S/C31H31N5O3.C30H34N4O5.C25H26N4O3.C22H21N3O3/c37-30-16-26(36-9-11-38-12-10-36)15-28(34-30)27-5-1-4-22-13-23-14-24(6-7-29(23)39-31(22)27)33-25-19-35(20-25)18-21-3-2-8-32-17-21;1-30(2,3)39-29(36)34-17-22(18-34)31-21-7-8-26-20(14-21)13-19-5-4-6-24(28(19)38-26)25-15-23(16-27(35)32-25)33-9-11-37-12-10-33;30-24-13-20(29-6-8-31-9-7-29)12-22(28-24)21-3-1-2-16-10-17-11-18(27-19-14-26-15-19)4-5-23(17)32-25(16)21;23-16-4-5-20-15(11-16)10-14-2-1-3-18(22(14)28-20)19-12-17(13-21(26)24-19)25-6-8-27-9-7-25/h1-8,14-17,25,33H,9-13,18-20H2,(H,34,37);4-8,14-16,22,31H,9-13,17-18H2,1-3H3,(H,32,35);1-5,11-13,19,26-27H,6-10,14-15H2,(H,28,30);1-5,11-13H,6-10,23H2,(H,24,26). The quantitative estimate of drug-likeness (QED) is 0.0406. The van der Waals surface area contributed by atoms with Gasteiger partial charge in [0.25, 0.3) is 0 Å². The number of ether oxygens (including phenoxy) is 9. The van der Waals surface area contributed by atoms with Crippen LogP contribution in [-0.4, -0.2) is 209 Å². The molecule has 10 N–H and O–H groups in total. The monoisotopic (exact) mass is 1860 g/mol. The highest BCUT2D eigenvalue weighted by Crippen LogP contribution is 2.49. The van der Waals surface area contributed by atoms with Crippen molar-refractivity contribution >= 4 is 51.6 Å². The number of carbonyl (C=O) groups excluding carboxylic acids is 1. The lowest BCUT2D eigenvalue weighted by atomic mass is 9.96. The Bertz CT molecular complexity index is 6940. The van der Waals surface area contributed by atoms with Gasteiger partial charge in [0.2, 0.25) is 22.2 Å². The number of hydrogen-bond donors (Lipinski definition) is 9. The molecule has 0 spiro atoms. The number of anilines is 8. The molecule has 30 nitrogen and oxygen atoms in total. The summed E-state index contributed by atoms with van der Waals surface area (Å²) in [6.07, 6.45) is 6.51. The summed E-state index contributed by atoms with van der Waals surface area (Å²) in [5.41, 5.74) is 29.2. The summed E-state index contributed by atoms with van der Waals surface area (Å²) in [5.74, 6) is 6.52. The number of hydrogen-bond acceptors (Lipinski definition) is 25. The maximum atomic E-state index is 12.6. The molecule has 7 fully saturated rings. The van der Waals surface area contributed by atoms with Gasteiger partial charge in [-0.2, -0.15) is 0 Å². The molecule has 11 aliphatic rings. The Kier molecular flexibility index (Phi) is 25.8. The number of para-hydroxylation sites is 4. The van der Waals surface area contributed by atoms with Crippen molar-refractivity contribution < 1.29 is 47.4 Å². The van der Waals surface area contributed by atoms with Gasteiger partial charge in [-0.25, -0.2) is 4.79 Å². The minimum atomic E-state index is -0.495. The van der Waals surface area contributed by atoms with E-state index in [0.29, 0.717) is 78.0 Å². The van der Waals surface area contributed by atoms with E-state index < -0.39 is 5.60 Å². The van der Waals surface area contributed by atoms with Crippen LogP contribution in [0.2, 0.25) is 0 Å². The molecule has 13 aromatic rings. The first-order chi connectivity index (χ1) is 67.3. The summed E-state index contributed by atoms with van der Waals surface area (Å²) < 4.78 is 52.8. The number of likely N-dealkylation sites (tertiary alicyclic amines) is 2. The normalized spacial score (nSPS) is 16.9. The molecule has 24 rings (SSSR count). The summed E-state index contributed by atoms with van der Waals surface area (Å²) in [7, 11) is 0. The molecule has 5 aromatic heterocycles. The van der Waals surface area contributed by atoms with Gasteiger partial charge in [-0.3, -0.25) is 29.1 Å². The zero-order valence-corrected chi connectivity index (χ0v) is 77.5. The minimum Gasteiger partial charge on any atom is -0.456 e. The molecule has 0 saturated carbocycles. The third-order valence-electron chi connectivity index (χ3n) is 26.5. The SMILES string of the molecule is CC(C)(C)OC(=O)N1CC(Nc2ccc3c(c2)Cc2cccc(-c4cc(N5CCOCC5)cc(=O)[nH]4)c2O3)C1.Nc1ccc2c(c1)Cc1cccc(-c3cc(N4CCOCC4)cc(=O)[nH]3)c1O2.O=c1cc(N2CCOCC2)cc(-c2cccc3c2Oc2ccc(NC4CN(Cc5cccnc5)C4)cc2C3)[nH]1.O=c1cc(N2CCOCC2)cc(-c2cccc3c2Oc2ccc(NC4CNC4)cc2C3)[nH]1. The number of rotatable bonds is 16. The molecule has 0 atom stereocenters. The average molecular weight is 1860 g/mol. The van der Waals surface area contributed by atoms with Crippen LogP contribution in [-0.2, 0) is 55.9 Å². The Balaban J connectivity index is 0.000000111. The van der Waals surface area contributed by atoms with Crippen molar-refractivity contribution in [2.75, 3.05) is 186 Å². The molecule has 708 valence electrons. The molecule has 0 unspecified atom stereocenters. The van der Waals surface area contributed by atoms with E-state index in [1.807, 2.05) is 148 Å². The summed E-state index contributed by atoms with van der Waals surface area (Å²) in [6, 6.07) is 68.8. The summed E-state index contributed by atoms with van der Waals surface area (Å²) >= 11 is 0. The van der Waals surface area contributed by atoms with Crippen LogP contribution in [0.1, 0.15) is 70.8 Å². The number of aromatic amines is 4. The molecule has 138 heavy (non-hydrogen) atoms. The molecule has 0 radical (unpaired) electrons. The molecule has 7 saturated heterocycles. The van der Waals surface area contributed by atoms with Gasteiger partial charge >= 0.3 is 6.09 Å². The zero-order chi connectivity index (χ0) is 93.9. The second-order valence-corrected chi connectivity index (χ2v) is 37.6. The Morgan fingerprint density at radius 3 is 1.05 bits per heavy atom. The van der Waals surface area contributed by atoms with Gasteiger partial charge in [0, 0.05) is 251 Å². The molecule has 1 amide bonds. The van der Waals surface area contributed by atoms with Crippen molar-refractivity contribution in [2.45, 2.75) is 76.7 Å². The molecule has 0 bridgehead atoms. The Labute approximate surface area is 798 Å². The third kappa shape index (κ3) is 20.6. The fourth-order valence-corrected chi connectivity index (χ4v) is 19.4. The number of aromatic nitrogens is 5. The van der Waals surface area contributed by atoms with Gasteiger partial charge in [-0.05, 0) is 176 Å². The van der Waals surface area contributed by atoms with Crippen molar-refractivity contribution in [1.29, 1.82) is 0 Å². The summed E-state index contributed by atoms with van der Waals surface area (Å²) in [5, 5.41) is 14.1. The van der Waals surface area contributed by atoms with Crippen LogP contribution in [0.4, 0.5) is 50.3 Å². The van der Waals surface area contributed by atoms with E-state index in [2.05, 4.69) is 137 Å². The number of nitrogens with one attached hydrogen (secondary N) is 8. The van der Waals surface area contributed by atoms with Crippen LogP contribution in [0, 0.1) is 0 Å². The van der Waals surface area contributed by atoms with Gasteiger partial charge < -0.3 is 114 Å². The van der Waals surface area contributed by atoms with Gasteiger partial charge in [-0.15, -0.1) is 0 Å². The number of morpholine rings is 4. The maximum Gasteiger partial charge on any atom is 0.410 e. The van der Waals surface area contributed by atoms with Gasteiger partial charge in [0.15, 0.2) is 0 Å². The van der Waals surface area contributed by atoms with E-state index in [1.165, 1.54) is 11.1 Å². The largest absolute Gasteiger partial charge is 0.456 e. The second kappa shape index (κ2) is 39.6. The average Bonchev–Trinajstić information content (AvgIpc) is 0.778. The molecule has 16 heterocycles. The van der Waals surface area contributed by atoms with E-state index in [0.717, 1.165) is 286 Å². The molecule has 30 heteroatoms. The molecule has 11 aliphatic heterocycles. The number of fused-ring (bicyclic) bond motifs is 8. The first-order valence-electron chi connectivity index (χ1n) is 47.7. The number of nitrogen functional groups attached to an aromatic ring is 1. The van der Waals surface area contributed by atoms with E-state index in [9.17, 15) is 24.0 Å². The smallest absolute Gasteiger partial charge is 0.410 e. The van der Waals surface area contributed by atoms with Gasteiger partial charge in [0.05, 0.1) is 93.8 Å². The highest BCUT2D eigenvalue weighted by molar-refractivity contribution is 5.80. The van der Waals surface area contributed by atoms with Crippen molar-refractivity contribution in [1.82, 2.24) is 40.0 Å². The van der Waals surface area contributed by atoms with E-state index in [4.69, 9.17) is 48.4 Å². The predicted octanol–water partition coefficient (Wildman–Crippen LogP) is 15.0. The Morgan fingerprint density at radius 2 is 0.725 bits per heavy atom. The van der Waals surface area contributed by atoms with Crippen LogP contribution in [0.25, 0.3) is 45.0 Å². The van der Waals surface area contributed by atoms with Crippen LogP contribution in [0.15, 0.2) is 238 Å². The highest BCUT2D eigenvalue weighted by atomic mass is 16.6. The highest BCUT2D eigenvalue weighted by Gasteiger charge is 2.36. The zero-order valence-electron chi connectivity index (χ0n) is 77.5. The number of H-pyrrole nitrogens is 4. The first-order valence-corrected chi connectivity index (χ1v) is 47.7. The van der Waals surface area contributed by atoms with Gasteiger partial charge in [-0.1, -0.05) is 54.6 Å². The molecular weight excluding hydrogens is 1750 g/mol. The summed E-state index contributed by atoms with van der Waals surface area (Å²) in [4.78, 5) is 91.4. The van der Waals surface area contributed by atoms with Crippen LogP contribution >= 0.6 is 0 Å². The number of pyridine rings is 5. The minimum absolute atomic E-state index is 0.112. The predicted molar refractivity (Wildman–Crippen MR) is 536 cm³/mol. The first kappa shape index (κ1) is 89.8. The van der Waals surface area contributed by atoms with Crippen LogP contribution in [0.3, 0.4) is 0 Å². The van der Waals surface area contributed by atoms with Crippen LogP contribution in [0.5, 0.6) is 46.0 Å². The molecular formula is C108H112N16O14. The van der Waals surface area contributed by atoms with E-state index in [-0.39, 0.29) is 34.4 Å². The number of nitrogens with two attached hydrogens (primary N) is 1. The van der Waals surface area contributed by atoms with Crippen molar-refractivity contribution in [3.05, 3.63) is 310 Å². The fourth-order valence-electron chi connectivity index (χ4n) is 19.4. The third-order valence-corrected chi connectivity index (χ3v) is 26.5. The van der Waals surface area contributed by atoms with E-state index >= 15 is 0 Å². The number of nitrogens with zero attached hydrogens (tertiary/aromatic N) is 7. The number of benzene rings is 8. The van der Waals surface area contributed by atoms with Crippen molar-refractivity contribution in [3.8, 4) is 91.0 Å². The lowest BCUT2D eigenvalue weighted by molar-refractivity contribution is 0.0105.